The van der Waals surface area contributed by atoms with Crippen LogP contribution in [0.1, 0.15) is 15.9 Å². The lowest BCUT2D eigenvalue weighted by atomic mass is 10.0. The van der Waals surface area contributed by atoms with E-state index in [4.69, 9.17) is 14.2 Å². The van der Waals surface area contributed by atoms with Gasteiger partial charge in [-0.15, -0.1) is 0 Å². The summed E-state index contributed by atoms with van der Waals surface area (Å²) in [6.07, 6.45) is 0.0843. The van der Waals surface area contributed by atoms with Crippen LogP contribution in [-0.2, 0) is 6.42 Å². The third kappa shape index (κ3) is 3.48. The minimum Gasteiger partial charge on any atom is -0.504 e. The molecule has 6 heteroatoms. The van der Waals surface area contributed by atoms with Gasteiger partial charge in [0, 0.05) is 12.0 Å². The number of benzene rings is 2. The van der Waals surface area contributed by atoms with Crippen molar-refractivity contribution in [2.24, 2.45) is 0 Å². The second kappa shape index (κ2) is 6.91. The summed E-state index contributed by atoms with van der Waals surface area (Å²) in [5, 5.41) is 19.5. The maximum Gasteiger partial charge on any atom is 0.200 e. The highest BCUT2D eigenvalue weighted by atomic mass is 16.5. The van der Waals surface area contributed by atoms with E-state index in [1.807, 2.05) is 0 Å². The maximum absolute atomic E-state index is 12.4. The molecule has 0 fully saturated rings. The number of carbonyl (C=O) groups is 1. The molecule has 0 saturated carbocycles. The van der Waals surface area contributed by atoms with Gasteiger partial charge in [-0.1, -0.05) is 0 Å². The molecule has 2 N–H and O–H groups in total. The van der Waals surface area contributed by atoms with Crippen molar-refractivity contribution in [1.29, 1.82) is 0 Å². The Bertz CT molecular complexity index is 698. The number of ether oxygens (including phenoxy) is 3. The van der Waals surface area contributed by atoms with Gasteiger partial charge in [-0.05, 0) is 35.9 Å². The first-order valence-corrected chi connectivity index (χ1v) is 6.84. The van der Waals surface area contributed by atoms with Gasteiger partial charge in [0.1, 0.15) is 0 Å². The quantitative estimate of drug-likeness (QED) is 0.796. The molecule has 6 nitrogen and oxygen atoms in total. The van der Waals surface area contributed by atoms with Crippen LogP contribution in [0.25, 0.3) is 0 Å². The predicted octanol–water partition coefficient (Wildman–Crippen LogP) is 2.55. The molecule has 0 atom stereocenters. The van der Waals surface area contributed by atoms with Crippen LogP contribution in [0.5, 0.6) is 28.7 Å². The van der Waals surface area contributed by atoms with Crippen LogP contribution in [0.3, 0.4) is 0 Å². The normalized spacial score (nSPS) is 10.2. The van der Waals surface area contributed by atoms with Crippen LogP contribution in [0.4, 0.5) is 0 Å². The van der Waals surface area contributed by atoms with E-state index in [-0.39, 0.29) is 41.0 Å². The van der Waals surface area contributed by atoms with Crippen molar-refractivity contribution in [3.8, 4) is 28.7 Å². The van der Waals surface area contributed by atoms with Crippen LogP contribution in [-0.4, -0.2) is 37.3 Å². The molecular formula is C17H18O6. The number of hydrogen-bond donors (Lipinski definition) is 2. The fourth-order valence-electron chi connectivity index (χ4n) is 2.19. The zero-order valence-electron chi connectivity index (χ0n) is 13.1. The van der Waals surface area contributed by atoms with E-state index in [1.54, 1.807) is 12.1 Å². The number of Topliss-reactive ketones (excluding diaryl/α,β-unsaturated/α-hetero) is 1. The second-order valence-electron chi connectivity index (χ2n) is 4.84. The zero-order chi connectivity index (χ0) is 17.0. The van der Waals surface area contributed by atoms with Crippen molar-refractivity contribution in [3.63, 3.8) is 0 Å². The Hall–Kier alpha value is -2.89. The van der Waals surface area contributed by atoms with Gasteiger partial charge in [0.2, 0.25) is 5.75 Å². The van der Waals surface area contributed by atoms with E-state index in [1.165, 1.54) is 39.5 Å². The van der Waals surface area contributed by atoms with E-state index in [9.17, 15) is 15.0 Å². The maximum atomic E-state index is 12.4. The van der Waals surface area contributed by atoms with Gasteiger partial charge in [0.25, 0.3) is 0 Å². The summed E-state index contributed by atoms with van der Waals surface area (Å²) in [6.45, 7) is 0. The Kier molecular flexibility index (Phi) is 4.95. The summed E-state index contributed by atoms with van der Waals surface area (Å²) in [5.74, 6) is 0.384. The largest absolute Gasteiger partial charge is 0.504 e. The van der Waals surface area contributed by atoms with Gasteiger partial charge in [0.15, 0.2) is 28.8 Å². The Balaban J connectivity index is 2.30. The first-order valence-electron chi connectivity index (χ1n) is 6.84. The molecule has 23 heavy (non-hydrogen) atoms. The fourth-order valence-corrected chi connectivity index (χ4v) is 2.19. The average molecular weight is 318 g/mol. The van der Waals surface area contributed by atoms with Crippen LogP contribution in [0.15, 0.2) is 30.3 Å². The highest BCUT2D eigenvalue weighted by Crippen LogP contribution is 2.37. The molecule has 0 unspecified atom stereocenters. The van der Waals surface area contributed by atoms with E-state index < -0.39 is 0 Å². The van der Waals surface area contributed by atoms with Crippen molar-refractivity contribution in [2.45, 2.75) is 6.42 Å². The lowest BCUT2D eigenvalue weighted by molar-refractivity contribution is 0.0992. The molecule has 0 aromatic heterocycles. The highest BCUT2D eigenvalue weighted by Gasteiger charge is 2.15. The molecule has 0 bridgehead atoms. The highest BCUT2D eigenvalue weighted by molar-refractivity contribution is 5.98. The molecule has 0 spiro atoms. The minimum atomic E-state index is -0.168. The molecule has 0 amide bonds. The monoisotopic (exact) mass is 318 g/mol. The lowest BCUT2D eigenvalue weighted by Crippen LogP contribution is -2.04. The average Bonchev–Trinajstić information content (AvgIpc) is 2.56. The van der Waals surface area contributed by atoms with Gasteiger partial charge in [-0.2, -0.15) is 0 Å². The van der Waals surface area contributed by atoms with Crippen molar-refractivity contribution >= 4 is 5.78 Å². The van der Waals surface area contributed by atoms with Gasteiger partial charge in [0.05, 0.1) is 21.3 Å². The SMILES string of the molecule is COc1cc(C(=O)Cc2cc(OC)c(O)c(OC)c2)ccc1O. The molecule has 0 heterocycles. The van der Waals surface area contributed by atoms with Crippen molar-refractivity contribution in [2.75, 3.05) is 21.3 Å². The second-order valence-corrected chi connectivity index (χ2v) is 4.84. The standard InChI is InChI=1S/C17H18O6/c1-21-14-9-11(4-5-12(14)18)13(19)6-10-7-15(22-2)17(20)16(8-10)23-3/h4-5,7-9,18,20H,6H2,1-3H3. The topological polar surface area (TPSA) is 85.2 Å². The number of phenols is 2. The third-order valence-corrected chi connectivity index (χ3v) is 3.41. The van der Waals surface area contributed by atoms with Crippen molar-refractivity contribution < 1.29 is 29.2 Å². The summed E-state index contributed by atoms with van der Waals surface area (Å²) >= 11 is 0. The third-order valence-electron chi connectivity index (χ3n) is 3.41. The fraction of sp³-hybridized carbons (Fsp3) is 0.235. The predicted molar refractivity (Wildman–Crippen MR) is 83.9 cm³/mol. The van der Waals surface area contributed by atoms with Crippen LogP contribution in [0.2, 0.25) is 0 Å². The van der Waals surface area contributed by atoms with E-state index in [0.29, 0.717) is 11.1 Å². The van der Waals surface area contributed by atoms with Gasteiger partial charge >= 0.3 is 0 Å². The van der Waals surface area contributed by atoms with E-state index >= 15 is 0 Å². The number of hydrogen-bond acceptors (Lipinski definition) is 6. The first kappa shape index (κ1) is 16.5. The first-order chi connectivity index (χ1) is 11.0. The van der Waals surface area contributed by atoms with Gasteiger partial charge in [-0.25, -0.2) is 0 Å². The summed E-state index contributed by atoms with van der Waals surface area (Å²) in [4.78, 5) is 12.4. The Labute approximate surface area is 133 Å². The number of aromatic hydroxyl groups is 2. The Morgan fingerprint density at radius 3 is 2.00 bits per heavy atom. The van der Waals surface area contributed by atoms with Gasteiger partial charge < -0.3 is 24.4 Å². The smallest absolute Gasteiger partial charge is 0.200 e. The molecule has 2 aromatic carbocycles. The number of phenolic OH excluding ortho intramolecular Hbond substituents is 2. The summed E-state index contributed by atoms with van der Waals surface area (Å²) in [6, 6.07) is 7.56. The summed E-state index contributed by atoms with van der Waals surface area (Å²) in [7, 11) is 4.26. The van der Waals surface area contributed by atoms with Crippen LogP contribution < -0.4 is 14.2 Å². The molecule has 0 aliphatic carbocycles. The molecule has 2 rings (SSSR count). The van der Waals surface area contributed by atoms with Crippen molar-refractivity contribution in [1.82, 2.24) is 0 Å². The number of ketones is 1. The number of methoxy groups -OCH3 is 3. The lowest BCUT2D eigenvalue weighted by Gasteiger charge is -2.11. The van der Waals surface area contributed by atoms with Crippen LogP contribution in [0, 0.1) is 0 Å². The minimum absolute atomic E-state index is 0.0305. The molecular weight excluding hydrogens is 300 g/mol. The summed E-state index contributed by atoms with van der Waals surface area (Å²) < 4.78 is 15.1. The number of rotatable bonds is 6. The Morgan fingerprint density at radius 1 is 0.913 bits per heavy atom. The molecule has 0 aliphatic heterocycles. The number of carbonyl (C=O) groups excluding carboxylic acids is 1. The zero-order valence-corrected chi connectivity index (χ0v) is 13.1. The molecule has 2 aromatic rings. The molecule has 0 saturated heterocycles. The summed E-state index contributed by atoms with van der Waals surface area (Å²) in [5.41, 5.74) is 1.04. The molecule has 0 radical (unpaired) electrons. The van der Waals surface area contributed by atoms with E-state index in [0.717, 1.165) is 0 Å². The molecule has 0 aliphatic rings. The van der Waals surface area contributed by atoms with Crippen molar-refractivity contribution in [3.05, 3.63) is 41.5 Å². The van der Waals surface area contributed by atoms with E-state index in [2.05, 4.69) is 0 Å². The Morgan fingerprint density at radius 2 is 1.48 bits per heavy atom. The van der Waals surface area contributed by atoms with Crippen LogP contribution >= 0.6 is 0 Å². The molecule has 122 valence electrons. The van der Waals surface area contributed by atoms with Gasteiger partial charge in [-0.3, -0.25) is 4.79 Å².